The van der Waals surface area contributed by atoms with Gasteiger partial charge in [-0.05, 0) is 18.2 Å². The van der Waals surface area contributed by atoms with Crippen LogP contribution in [0, 0.1) is 18.2 Å². The van der Waals surface area contributed by atoms with Crippen molar-refractivity contribution in [1.29, 1.82) is 0 Å². The predicted octanol–water partition coefficient (Wildman–Crippen LogP) is 1.98. The Kier molecular flexibility index (Phi) is 3.49. The Labute approximate surface area is 86.1 Å². The zero-order valence-corrected chi connectivity index (χ0v) is 7.94. The zero-order valence-electron chi connectivity index (χ0n) is 7.18. The van der Waals surface area contributed by atoms with Crippen LogP contribution >= 0.6 is 11.6 Å². The molecule has 1 aromatic rings. The van der Waals surface area contributed by atoms with E-state index in [1.165, 1.54) is 18.2 Å². The van der Waals surface area contributed by atoms with Crippen LogP contribution in [0.15, 0.2) is 18.2 Å². The van der Waals surface area contributed by atoms with Crippen LogP contribution in [0.25, 0.3) is 0 Å². The highest BCUT2D eigenvalue weighted by Gasteiger charge is 2.05. The molecule has 0 spiro atoms. The van der Waals surface area contributed by atoms with Crippen LogP contribution in [0.3, 0.4) is 0 Å². The summed E-state index contributed by atoms with van der Waals surface area (Å²) >= 11 is 5.25. The van der Waals surface area contributed by atoms with E-state index >= 15 is 0 Å². The lowest BCUT2D eigenvalue weighted by Crippen LogP contribution is -2.13. The summed E-state index contributed by atoms with van der Waals surface area (Å²) in [7, 11) is 0. The van der Waals surface area contributed by atoms with Gasteiger partial charge in [0.05, 0.1) is 5.69 Å². The summed E-state index contributed by atoms with van der Waals surface area (Å²) in [5.41, 5.74) is 0.501. The molecule has 72 valence electrons. The maximum absolute atomic E-state index is 13.2. The third kappa shape index (κ3) is 2.48. The fourth-order valence-electron chi connectivity index (χ4n) is 0.890. The normalized spacial score (nSPS) is 9.21. The van der Waals surface area contributed by atoms with Crippen LogP contribution < -0.4 is 5.32 Å². The summed E-state index contributed by atoms with van der Waals surface area (Å²) < 4.78 is 13.2. The molecule has 1 amide bonds. The lowest BCUT2D eigenvalue weighted by molar-refractivity contribution is -0.113. The molecule has 0 radical (unpaired) electrons. The summed E-state index contributed by atoms with van der Waals surface area (Å²) in [5, 5.41) is 2.30. The molecule has 0 saturated heterocycles. The number of hydrogen-bond acceptors (Lipinski definition) is 1. The zero-order chi connectivity index (χ0) is 10.6. The van der Waals surface area contributed by atoms with Crippen LogP contribution in [0.1, 0.15) is 5.56 Å². The quantitative estimate of drug-likeness (QED) is 0.588. The molecular formula is C10H7ClFNO. The highest BCUT2D eigenvalue weighted by molar-refractivity contribution is 6.29. The summed E-state index contributed by atoms with van der Waals surface area (Å²) in [6, 6.07) is 4.10. The van der Waals surface area contributed by atoms with Crippen molar-refractivity contribution in [3.05, 3.63) is 29.6 Å². The molecule has 0 aliphatic heterocycles. The molecule has 0 aliphatic carbocycles. The van der Waals surface area contributed by atoms with Gasteiger partial charge in [-0.3, -0.25) is 4.79 Å². The highest BCUT2D eigenvalue weighted by atomic mass is 35.5. The monoisotopic (exact) mass is 211 g/mol. The van der Waals surface area contributed by atoms with Crippen LogP contribution in [0.4, 0.5) is 10.1 Å². The van der Waals surface area contributed by atoms with Crippen LogP contribution in [0.5, 0.6) is 0 Å². The number of amides is 1. The van der Waals surface area contributed by atoms with E-state index in [4.69, 9.17) is 18.0 Å². The molecule has 0 aromatic heterocycles. The minimum atomic E-state index is -0.570. The summed E-state index contributed by atoms with van der Waals surface area (Å²) in [6.07, 6.45) is 5.07. The molecule has 0 heterocycles. The van der Waals surface area contributed by atoms with Crippen LogP contribution in [0.2, 0.25) is 0 Å². The molecule has 0 saturated carbocycles. The van der Waals surface area contributed by atoms with Crippen molar-refractivity contribution in [1.82, 2.24) is 0 Å². The number of nitrogens with one attached hydrogen (secondary N) is 1. The first-order chi connectivity index (χ1) is 6.67. The molecule has 1 N–H and O–H groups in total. The maximum Gasteiger partial charge on any atom is 0.239 e. The number of anilines is 1. The second-order valence-electron chi connectivity index (χ2n) is 2.52. The van der Waals surface area contributed by atoms with E-state index in [1.807, 2.05) is 0 Å². The minimum Gasteiger partial charge on any atom is -0.323 e. The van der Waals surface area contributed by atoms with Crippen LogP contribution in [-0.4, -0.2) is 11.8 Å². The summed E-state index contributed by atoms with van der Waals surface area (Å²) in [5.74, 6) is 1.04. The maximum atomic E-state index is 13.2. The Balaban J connectivity index is 2.90. The topological polar surface area (TPSA) is 29.1 Å². The SMILES string of the molecule is C#Cc1ccc(NC(=O)CCl)c(F)c1. The van der Waals surface area contributed by atoms with E-state index in [0.29, 0.717) is 5.56 Å². The Bertz CT molecular complexity index is 398. The van der Waals surface area contributed by atoms with E-state index < -0.39 is 11.7 Å². The molecule has 0 bridgehead atoms. The van der Waals surface area contributed by atoms with Crippen molar-refractivity contribution in [2.45, 2.75) is 0 Å². The predicted molar refractivity (Wildman–Crippen MR) is 53.7 cm³/mol. The van der Waals surface area contributed by atoms with Crippen molar-refractivity contribution in [3.63, 3.8) is 0 Å². The van der Waals surface area contributed by atoms with Gasteiger partial charge >= 0.3 is 0 Å². The molecule has 0 unspecified atom stereocenters. The van der Waals surface area contributed by atoms with Gasteiger partial charge in [-0.2, -0.15) is 0 Å². The fraction of sp³-hybridized carbons (Fsp3) is 0.100. The van der Waals surface area contributed by atoms with Gasteiger partial charge in [0, 0.05) is 5.56 Å². The van der Waals surface area contributed by atoms with Gasteiger partial charge in [0.15, 0.2) is 0 Å². The van der Waals surface area contributed by atoms with Crippen LogP contribution in [-0.2, 0) is 4.79 Å². The van der Waals surface area contributed by atoms with Gasteiger partial charge in [0.2, 0.25) is 5.91 Å². The van der Waals surface area contributed by atoms with Gasteiger partial charge in [0.1, 0.15) is 11.7 Å². The van der Waals surface area contributed by atoms with Gasteiger partial charge in [-0.1, -0.05) is 5.92 Å². The first kappa shape index (κ1) is 10.6. The Morgan fingerprint density at radius 1 is 1.64 bits per heavy atom. The van der Waals surface area contributed by atoms with Crippen molar-refractivity contribution in [3.8, 4) is 12.3 Å². The van der Waals surface area contributed by atoms with E-state index in [9.17, 15) is 9.18 Å². The highest BCUT2D eigenvalue weighted by Crippen LogP contribution is 2.15. The van der Waals surface area contributed by atoms with Gasteiger partial charge in [-0.25, -0.2) is 4.39 Å². The molecule has 0 fully saturated rings. The largest absolute Gasteiger partial charge is 0.323 e. The molecule has 0 aliphatic rings. The number of halogens is 2. The van der Waals surface area contributed by atoms with Crippen molar-refractivity contribution in [2.75, 3.05) is 11.2 Å². The minimum absolute atomic E-state index is 0.0784. The number of carbonyl (C=O) groups excluding carboxylic acids is 1. The third-order valence-electron chi connectivity index (χ3n) is 1.53. The molecule has 2 nitrogen and oxygen atoms in total. The number of benzene rings is 1. The Morgan fingerprint density at radius 3 is 2.86 bits per heavy atom. The smallest absolute Gasteiger partial charge is 0.239 e. The van der Waals surface area contributed by atoms with E-state index in [-0.39, 0.29) is 11.6 Å². The first-order valence-electron chi connectivity index (χ1n) is 3.79. The number of terminal acetylenes is 1. The molecule has 0 atom stereocenters. The lowest BCUT2D eigenvalue weighted by atomic mass is 10.2. The van der Waals surface area contributed by atoms with Gasteiger partial charge in [-0.15, -0.1) is 18.0 Å². The van der Waals surface area contributed by atoms with E-state index in [0.717, 1.165) is 0 Å². The lowest BCUT2D eigenvalue weighted by Gasteiger charge is -2.04. The number of hydrogen-bond donors (Lipinski definition) is 1. The molecule has 1 aromatic carbocycles. The summed E-state index contributed by atoms with van der Waals surface area (Å²) in [4.78, 5) is 10.8. The first-order valence-corrected chi connectivity index (χ1v) is 4.33. The van der Waals surface area contributed by atoms with Crippen molar-refractivity contribution >= 4 is 23.2 Å². The molecule has 1 rings (SSSR count). The van der Waals surface area contributed by atoms with E-state index in [1.54, 1.807) is 0 Å². The Hall–Kier alpha value is -1.53. The van der Waals surface area contributed by atoms with Gasteiger partial charge < -0.3 is 5.32 Å². The van der Waals surface area contributed by atoms with E-state index in [2.05, 4.69) is 11.2 Å². The van der Waals surface area contributed by atoms with Gasteiger partial charge in [0.25, 0.3) is 0 Å². The number of carbonyl (C=O) groups is 1. The average Bonchev–Trinajstić information content (AvgIpc) is 2.20. The summed E-state index contributed by atoms with van der Waals surface area (Å²) in [6.45, 7) is 0. The van der Waals surface area contributed by atoms with Crippen molar-refractivity contribution in [2.24, 2.45) is 0 Å². The standard InChI is InChI=1S/C10H7ClFNO/c1-2-7-3-4-9(8(12)5-7)13-10(14)6-11/h1,3-5H,6H2,(H,13,14). The second kappa shape index (κ2) is 4.64. The third-order valence-corrected chi connectivity index (χ3v) is 1.77. The van der Waals surface area contributed by atoms with Crippen molar-refractivity contribution < 1.29 is 9.18 Å². The second-order valence-corrected chi connectivity index (χ2v) is 2.79. The molecule has 14 heavy (non-hydrogen) atoms. The Morgan fingerprint density at radius 2 is 2.36 bits per heavy atom. The molecule has 4 heteroatoms. The average molecular weight is 212 g/mol. The number of alkyl halides is 1. The molecular weight excluding hydrogens is 205 g/mol. The fourth-order valence-corrected chi connectivity index (χ4v) is 0.957. The number of rotatable bonds is 2.